The van der Waals surface area contributed by atoms with E-state index in [1.165, 1.54) is 18.7 Å². The first-order valence-electron chi connectivity index (χ1n) is 7.60. The molecular formula is C18H18F3NO3S. The zero-order valence-corrected chi connectivity index (χ0v) is 14.9. The maximum atomic E-state index is 12.5. The van der Waals surface area contributed by atoms with Crippen LogP contribution in [0.4, 0.5) is 18.9 Å². The molecule has 26 heavy (non-hydrogen) atoms. The van der Waals surface area contributed by atoms with E-state index in [0.717, 1.165) is 29.2 Å². The molecule has 2 rings (SSSR count). The van der Waals surface area contributed by atoms with E-state index in [2.05, 4.69) is 5.32 Å². The Bertz CT molecular complexity index is 744. The van der Waals surface area contributed by atoms with Gasteiger partial charge in [-0.25, -0.2) is 0 Å². The predicted octanol–water partition coefficient (Wildman–Crippen LogP) is 4.20. The van der Waals surface area contributed by atoms with Crippen LogP contribution in [0.3, 0.4) is 0 Å². The second kappa shape index (κ2) is 8.01. The van der Waals surface area contributed by atoms with Gasteiger partial charge in [0.25, 0.3) is 5.91 Å². The van der Waals surface area contributed by atoms with E-state index in [1.54, 1.807) is 31.4 Å². The van der Waals surface area contributed by atoms with Crippen molar-refractivity contribution < 1.29 is 27.8 Å². The summed E-state index contributed by atoms with van der Waals surface area (Å²) < 4.78 is 42.7. The molecule has 0 aliphatic heterocycles. The van der Waals surface area contributed by atoms with Crippen LogP contribution in [0.15, 0.2) is 53.4 Å². The Hall–Kier alpha value is -2.19. The predicted molar refractivity (Wildman–Crippen MR) is 94.4 cm³/mol. The van der Waals surface area contributed by atoms with Crippen molar-refractivity contribution in [1.82, 2.24) is 0 Å². The van der Waals surface area contributed by atoms with E-state index in [0.29, 0.717) is 5.75 Å². The molecule has 2 aromatic carbocycles. The number of carbonyl (C=O) groups excluding carboxylic acids is 1. The van der Waals surface area contributed by atoms with Crippen molar-refractivity contribution in [3.63, 3.8) is 0 Å². The van der Waals surface area contributed by atoms with E-state index in [9.17, 15) is 23.1 Å². The van der Waals surface area contributed by atoms with Gasteiger partial charge in [0.15, 0.2) is 0 Å². The molecule has 1 amide bonds. The van der Waals surface area contributed by atoms with E-state index in [-0.39, 0.29) is 11.4 Å². The standard InChI is InChI=1S/C18H18F3NO3S/c1-17(24,11-26-15-9-7-14(25-2)8-10-15)16(23)22-13-5-3-12(4-6-13)18(19,20)21/h3-10,24H,11H2,1-2H3,(H,22,23)/t17-/m1/s1. The minimum atomic E-state index is -4.44. The van der Waals surface area contributed by atoms with Gasteiger partial charge in [-0.1, -0.05) is 0 Å². The quantitative estimate of drug-likeness (QED) is 0.732. The highest BCUT2D eigenvalue weighted by atomic mass is 32.2. The average molecular weight is 385 g/mol. The molecule has 0 bridgehead atoms. The van der Waals surface area contributed by atoms with Gasteiger partial charge in [0.1, 0.15) is 11.4 Å². The molecule has 140 valence electrons. The van der Waals surface area contributed by atoms with Crippen LogP contribution in [-0.4, -0.2) is 29.5 Å². The fourth-order valence-corrected chi connectivity index (χ4v) is 2.88. The van der Waals surface area contributed by atoms with Gasteiger partial charge in [-0.05, 0) is 55.5 Å². The lowest BCUT2D eigenvalue weighted by Gasteiger charge is -2.22. The number of amides is 1. The molecule has 0 aromatic heterocycles. The van der Waals surface area contributed by atoms with Gasteiger partial charge >= 0.3 is 6.18 Å². The Morgan fingerprint density at radius 1 is 1.12 bits per heavy atom. The lowest BCUT2D eigenvalue weighted by Crippen LogP contribution is -2.42. The Morgan fingerprint density at radius 2 is 1.69 bits per heavy atom. The number of hydrogen-bond donors (Lipinski definition) is 2. The zero-order valence-electron chi connectivity index (χ0n) is 14.1. The summed E-state index contributed by atoms with van der Waals surface area (Å²) in [7, 11) is 1.55. The number of nitrogens with one attached hydrogen (secondary N) is 1. The average Bonchev–Trinajstić information content (AvgIpc) is 2.60. The van der Waals surface area contributed by atoms with Crippen molar-refractivity contribution in [1.29, 1.82) is 0 Å². The van der Waals surface area contributed by atoms with Crippen LogP contribution in [0.2, 0.25) is 0 Å². The molecular weight excluding hydrogens is 367 g/mol. The van der Waals surface area contributed by atoms with E-state index >= 15 is 0 Å². The Balaban J connectivity index is 1.95. The number of rotatable bonds is 6. The van der Waals surface area contributed by atoms with E-state index < -0.39 is 23.2 Å². The number of alkyl halides is 3. The van der Waals surface area contributed by atoms with Gasteiger partial charge < -0.3 is 15.2 Å². The van der Waals surface area contributed by atoms with Crippen molar-refractivity contribution in [3.05, 3.63) is 54.1 Å². The van der Waals surface area contributed by atoms with Crippen LogP contribution in [0.1, 0.15) is 12.5 Å². The molecule has 4 nitrogen and oxygen atoms in total. The molecule has 0 heterocycles. The smallest absolute Gasteiger partial charge is 0.416 e. The Morgan fingerprint density at radius 3 is 2.19 bits per heavy atom. The van der Waals surface area contributed by atoms with Crippen LogP contribution >= 0.6 is 11.8 Å². The summed E-state index contributed by atoms with van der Waals surface area (Å²) in [4.78, 5) is 13.1. The monoisotopic (exact) mass is 385 g/mol. The zero-order chi connectivity index (χ0) is 19.4. The van der Waals surface area contributed by atoms with Crippen molar-refractivity contribution in [2.45, 2.75) is 23.6 Å². The van der Waals surface area contributed by atoms with Gasteiger partial charge in [0, 0.05) is 16.3 Å². The van der Waals surface area contributed by atoms with Crippen molar-refractivity contribution in [3.8, 4) is 5.75 Å². The molecule has 0 aliphatic rings. The number of hydrogen-bond acceptors (Lipinski definition) is 4. The third-order valence-corrected chi connectivity index (χ3v) is 4.85. The normalized spacial score (nSPS) is 13.8. The fraction of sp³-hybridized carbons (Fsp3) is 0.278. The SMILES string of the molecule is COc1ccc(SC[C@@](C)(O)C(=O)Nc2ccc(C(F)(F)F)cc2)cc1. The number of anilines is 1. The highest BCUT2D eigenvalue weighted by molar-refractivity contribution is 7.99. The molecule has 2 aromatic rings. The molecule has 0 aliphatic carbocycles. The number of aliphatic hydroxyl groups is 1. The van der Waals surface area contributed by atoms with Crippen LogP contribution in [0, 0.1) is 0 Å². The van der Waals surface area contributed by atoms with Crippen molar-refractivity contribution >= 4 is 23.4 Å². The topological polar surface area (TPSA) is 58.6 Å². The summed E-state index contributed by atoms with van der Waals surface area (Å²) in [6, 6.07) is 11.2. The molecule has 2 N–H and O–H groups in total. The number of halogens is 3. The highest BCUT2D eigenvalue weighted by Crippen LogP contribution is 2.30. The lowest BCUT2D eigenvalue weighted by molar-refractivity contribution is -0.137. The maximum absolute atomic E-state index is 12.5. The van der Waals surface area contributed by atoms with E-state index in [4.69, 9.17) is 4.74 Å². The minimum Gasteiger partial charge on any atom is -0.497 e. The van der Waals surface area contributed by atoms with Crippen LogP contribution in [0.25, 0.3) is 0 Å². The molecule has 8 heteroatoms. The fourth-order valence-electron chi connectivity index (χ4n) is 1.97. The van der Waals surface area contributed by atoms with Gasteiger partial charge in [-0.15, -0.1) is 11.8 Å². The number of carbonyl (C=O) groups is 1. The second-order valence-corrected chi connectivity index (χ2v) is 6.82. The molecule has 0 radical (unpaired) electrons. The summed E-state index contributed by atoms with van der Waals surface area (Å²) in [5.74, 6) is 0.0747. The first-order valence-corrected chi connectivity index (χ1v) is 8.58. The highest BCUT2D eigenvalue weighted by Gasteiger charge is 2.32. The molecule has 0 spiro atoms. The van der Waals surface area contributed by atoms with Gasteiger partial charge in [-0.2, -0.15) is 13.2 Å². The molecule has 0 saturated heterocycles. The summed E-state index contributed by atoms with van der Waals surface area (Å²) in [6.07, 6.45) is -4.44. The first kappa shape index (κ1) is 20.1. The summed E-state index contributed by atoms with van der Waals surface area (Å²) in [5.41, 5.74) is -2.33. The number of thioether (sulfide) groups is 1. The third kappa shape index (κ3) is 5.40. The van der Waals surface area contributed by atoms with Crippen molar-refractivity contribution in [2.75, 3.05) is 18.2 Å². The number of methoxy groups -OCH3 is 1. The third-order valence-electron chi connectivity index (χ3n) is 3.54. The van der Waals surface area contributed by atoms with E-state index in [1.807, 2.05) is 0 Å². The Kier molecular flexibility index (Phi) is 6.20. The lowest BCUT2D eigenvalue weighted by atomic mass is 10.1. The largest absolute Gasteiger partial charge is 0.497 e. The van der Waals surface area contributed by atoms with Crippen LogP contribution in [0.5, 0.6) is 5.75 Å². The van der Waals surface area contributed by atoms with Crippen molar-refractivity contribution in [2.24, 2.45) is 0 Å². The maximum Gasteiger partial charge on any atom is 0.416 e. The van der Waals surface area contributed by atoms with Gasteiger partial charge in [-0.3, -0.25) is 4.79 Å². The Labute approximate surface area is 153 Å². The molecule has 1 atom stereocenters. The second-order valence-electron chi connectivity index (χ2n) is 5.77. The molecule has 0 fully saturated rings. The molecule has 0 unspecified atom stereocenters. The summed E-state index contributed by atoms with van der Waals surface area (Å²) in [5, 5.41) is 12.8. The van der Waals surface area contributed by atoms with Crippen LogP contribution in [-0.2, 0) is 11.0 Å². The minimum absolute atomic E-state index is 0.0752. The number of ether oxygens (including phenoxy) is 1. The van der Waals surface area contributed by atoms with Gasteiger partial charge in [0.05, 0.1) is 12.7 Å². The van der Waals surface area contributed by atoms with Crippen LogP contribution < -0.4 is 10.1 Å². The number of benzene rings is 2. The summed E-state index contributed by atoms with van der Waals surface area (Å²) in [6.45, 7) is 1.35. The summed E-state index contributed by atoms with van der Waals surface area (Å²) >= 11 is 1.28. The van der Waals surface area contributed by atoms with Gasteiger partial charge in [0.2, 0.25) is 0 Å². The first-order chi connectivity index (χ1) is 12.1. The molecule has 0 saturated carbocycles.